The molecule has 0 spiro atoms. The van der Waals surface area contributed by atoms with E-state index in [4.69, 9.17) is 10.2 Å². The average Bonchev–Trinajstić information content (AvgIpc) is 2.33. The molecule has 0 aromatic heterocycles. The third-order valence-electron chi connectivity index (χ3n) is 1.24. The molecule has 0 aromatic rings. The fourth-order valence-corrected chi connectivity index (χ4v) is 0.714. The zero-order chi connectivity index (χ0) is 8.43. The zero-order valence-corrected chi connectivity index (χ0v) is 5.44. The number of nitrogens with one attached hydrogen (secondary N) is 1. The van der Waals surface area contributed by atoms with Crippen molar-refractivity contribution in [3.05, 3.63) is 0 Å². The Labute approximate surface area is 61.5 Å². The molecule has 0 radical (unpaired) electrons. The van der Waals surface area contributed by atoms with E-state index in [9.17, 15) is 9.59 Å². The van der Waals surface area contributed by atoms with Crippen LogP contribution in [0, 0.1) is 0 Å². The Kier molecular flexibility index (Phi) is 1.75. The van der Waals surface area contributed by atoms with Crippen molar-refractivity contribution in [3.63, 3.8) is 0 Å². The number of rotatable bonds is 2. The standard InChI is InChI=1S/C5H6N2O4/c8-4(9)2-1-6-3(7-2)5(10)11/h2H,1H2,(H,6,7)(H,8,9)(H,10,11). The maximum absolute atomic E-state index is 10.2. The monoisotopic (exact) mass is 158 g/mol. The van der Waals surface area contributed by atoms with Gasteiger partial charge in [0.1, 0.15) is 0 Å². The quantitative estimate of drug-likeness (QED) is 0.455. The summed E-state index contributed by atoms with van der Waals surface area (Å²) >= 11 is 0. The molecule has 6 nitrogen and oxygen atoms in total. The van der Waals surface area contributed by atoms with Crippen molar-refractivity contribution in [2.24, 2.45) is 4.99 Å². The molecule has 1 atom stereocenters. The third-order valence-corrected chi connectivity index (χ3v) is 1.24. The molecule has 0 amide bonds. The molecular weight excluding hydrogens is 152 g/mol. The molecule has 0 fully saturated rings. The number of amidine groups is 1. The number of hydrogen-bond acceptors (Lipinski definition) is 4. The summed E-state index contributed by atoms with van der Waals surface area (Å²) in [5.41, 5.74) is 0. The van der Waals surface area contributed by atoms with Crippen LogP contribution < -0.4 is 5.32 Å². The molecule has 0 aromatic carbocycles. The fourth-order valence-electron chi connectivity index (χ4n) is 0.714. The molecule has 0 saturated heterocycles. The highest BCUT2D eigenvalue weighted by Crippen LogP contribution is 1.97. The summed E-state index contributed by atoms with van der Waals surface area (Å²) in [5.74, 6) is -2.63. The van der Waals surface area contributed by atoms with Gasteiger partial charge in [-0.25, -0.2) is 14.6 Å². The molecule has 1 unspecified atom stereocenters. The number of carboxylic acid groups (broad SMARTS) is 2. The van der Waals surface area contributed by atoms with Crippen molar-refractivity contribution in [3.8, 4) is 0 Å². The van der Waals surface area contributed by atoms with Gasteiger partial charge in [0.25, 0.3) is 0 Å². The first-order valence-electron chi connectivity index (χ1n) is 2.89. The first-order chi connectivity index (χ1) is 5.11. The van der Waals surface area contributed by atoms with E-state index in [2.05, 4.69) is 10.3 Å². The van der Waals surface area contributed by atoms with Crippen molar-refractivity contribution >= 4 is 17.8 Å². The molecule has 60 valence electrons. The summed E-state index contributed by atoms with van der Waals surface area (Å²) in [6.45, 7) is 0.0525. The highest BCUT2D eigenvalue weighted by Gasteiger charge is 2.26. The van der Waals surface area contributed by atoms with Crippen LogP contribution in [-0.4, -0.2) is 40.6 Å². The van der Waals surface area contributed by atoms with Gasteiger partial charge in [0.2, 0.25) is 5.84 Å². The van der Waals surface area contributed by atoms with E-state index < -0.39 is 18.0 Å². The SMILES string of the molecule is O=C(O)C1=NC(C(=O)O)CN1. The van der Waals surface area contributed by atoms with Crippen LogP contribution in [-0.2, 0) is 9.59 Å². The number of carboxylic acids is 2. The van der Waals surface area contributed by atoms with E-state index in [0.29, 0.717) is 0 Å². The van der Waals surface area contributed by atoms with Crippen LogP contribution >= 0.6 is 0 Å². The summed E-state index contributed by atoms with van der Waals surface area (Å²) in [6, 6.07) is -0.957. The van der Waals surface area contributed by atoms with Crippen LogP contribution in [0.1, 0.15) is 0 Å². The second kappa shape index (κ2) is 2.57. The largest absolute Gasteiger partial charge is 0.480 e. The highest BCUT2D eigenvalue weighted by molar-refractivity contribution is 6.35. The number of carbonyl (C=O) groups is 2. The Bertz CT molecular complexity index is 235. The van der Waals surface area contributed by atoms with Gasteiger partial charge in [0.05, 0.1) is 0 Å². The topological polar surface area (TPSA) is 99.0 Å². The molecule has 11 heavy (non-hydrogen) atoms. The smallest absolute Gasteiger partial charge is 0.371 e. The molecule has 3 N–H and O–H groups in total. The maximum Gasteiger partial charge on any atom is 0.371 e. The second-order valence-corrected chi connectivity index (χ2v) is 2.02. The van der Waals surface area contributed by atoms with Crippen LogP contribution in [0.25, 0.3) is 0 Å². The normalized spacial score (nSPS) is 22.2. The van der Waals surface area contributed by atoms with Gasteiger partial charge in [-0.15, -0.1) is 0 Å². The molecule has 1 aliphatic heterocycles. The Morgan fingerprint density at radius 2 is 2.18 bits per heavy atom. The van der Waals surface area contributed by atoms with Gasteiger partial charge in [-0.3, -0.25) is 0 Å². The van der Waals surface area contributed by atoms with Crippen LogP contribution in [0.4, 0.5) is 0 Å². The summed E-state index contributed by atoms with van der Waals surface area (Å²) in [6.07, 6.45) is 0. The second-order valence-electron chi connectivity index (χ2n) is 2.02. The lowest BCUT2D eigenvalue weighted by atomic mass is 10.3. The van der Waals surface area contributed by atoms with E-state index >= 15 is 0 Å². The minimum Gasteiger partial charge on any atom is -0.480 e. The summed E-state index contributed by atoms with van der Waals surface area (Å²) in [7, 11) is 0. The number of aliphatic imine (C=N–C) groups is 1. The van der Waals surface area contributed by atoms with Gasteiger partial charge in [0.15, 0.2) is 6.04 Å². The van der Waals surface area contributed by atoms with Gasteiger partial charge >= 0.3 is 11.9 Å². The molecule has 6 heteroatoms. The van der Waals surface area contributed by atoms with Crippen molar-refractivity contribution in [1.29, 1.82) is 0 Å². The Balaban J connectivity index is 2.68. The Morgan fingerprint density at radius 1 is 1.55 bits per heavy atom. The summed E-state index contributed by atoms with van der Waals surface area (Å²) in [4.78, 5) is 23.8. The third kappa shape index (κ3) is 1.46. The van der Waals surface area contributed by atoms with Crippen LogP contribution in [0.2, 0.25) is 0 Å². The Morgan fingerprint density at radius 3 is 2.45 bits per heavy atom. The highest BCUT2D eigenvalue weighted by atomic mass is 16.4. The van der Waals surface area contributed by atoms with Crippen molar-refractivity contribution in [1.82, 2.24) is 5.32 Å². The first kappa shape index (κ1) is 7.52. The number of aliphatic carboxylic acids is 2. The van der Waals surface area contributed by atoms with Crippen molar-refractivity contribution in [2.45, 2.75) is 6.04 Å². The molecule has 0 bridgehead atoms. The van der Waals surface area contributed by atoms with E-state index in [1.54, 1.807) is 0 Å². The van der Waals surface area contributed by atoms with Gasteiger partial charge in [-0.2, -0.15) is 0 Å². The summed E-state index contributed by atoms with van der Waals surface area (Å²) < 4.78 is 0. The molecule has 1 rings (SSSR count). The molecule has 1 aliphatic rings. The lowest BCUT2D eigenvalue weighted by molar-refractivity contribution is -0.138. The maximum atomic E-state index is 10.2. The van der Waals surface area contributed by atoms with Gasteiger partial charge in [-0.1, -0.05) is 0 Å². The average molecular weight is 158 g/mol. The summed E-state index contributed by atoms with van der Waals surface area (Å²) in [5, 5.41) is 19.1. The number of hydrogen-bond donors (Lipinski definition) is 3. The van der Waals surface area contributed by atoms with E-state index in [1.807, 2.05) is 0 Å². The zero-order valence-electron chi connectivity index (χ0n) is 5.44. The molecule has 0 saturated carbocycles. The van der Waals surface area contributed by atoms with Crippen molar-refractivity contribution in [2.75, 3.05) is 6.54 Å². The van der Waals surface area contributed by atoms with Crippen LogP contribution in [0.15, 0.2) is 4.99 Å². The molecule has 0 aliphatic carbocycles. The first-order valence-corrected chi connectivity index (χ1v) is 2.89. The number of nitrogens with zero attached hydrogens (tertiary/aromatic N) is 1. The van der Waals surface area contributed by atoms with Crippen molar-refractivity contribution < 1.29 is 19.8 Å². The minimum atomic E-state index is -1.23. The van der Waals surface area contributed by atoms with E-state index in [-0.39, 0.29) is 12.4 Å². The van der Waals surface area contributed by atoms with Gasteiger partial charge < -0.3 is 15.5 Å². The predicted molar refractivity (Wildman–Crippen MR) is 34.5 cm³/mol. The van der Waals surface area contributed by atoms with E-state index in [1.165, 1.54) is 0 Å². The lowest BCUT2D eigenvalue weighted by Gasteiger charge is -1.94. The fraction of sp³-hybridized carbons (Fsp3) is 0.400. The Hall–Kier alpha value is -1.59. The minimum absolute atomic E-state index is 0.0525. The molecular formula is C5H6N2O4. The predicted octanol–water partition coefficient (Wildman–Crippen LogP) is -1.47. The van der Waals surface area contributed by atoms with E-state index in [0.717, 1.165) is 0 Å². The van der Waals surface area contributed by atoms with Crippen LogP contribution in [0.5, 0.6) is 0 Å². The molecule has 1 heterocycles. The van der Waals surface area contributed by atoms with Crippen LogP contribution in [0.3, 0.4) is 0 Å². The van der Waals surface area contributed by atoms with Gasteiger partial charge in [0, 0.05) is 6.54 Å². The lowest BCUT2D eigenvalue weighted by Crippen LogP contribution is -2.29. The van der Waals surface area contributed by atoms with Gasteiger partial charge in [-0.05, 0) is 0 Å².